The SMILES string of the molecule is CO[Si](CC(C)COc1ccc(C(C)(C)c2ccc(OCC(C)C[Si](OC)(OC)OC)cc2)cc1)(OC)OC. The highest BCUT2D eigenvalue weighted by Gasteiger charge is 2.40. The minimum atomic E-state index is -2.62. The first-order valence-corrected chi connectivity index (χ1v) is 17.2. The molecule has 220 valence electrons. The monoisotopic (exact) mass is 580 g/mol. The molecule has 2 atom stereocenters. The van der Waals surface area contributed by atoms with E-state index < -0.39 is 17.6 Å². The van der Waals surface area contributed by atoms with Crippen molar-refractivity contribution in [2.24, 2.45) is 11.8 Å². The van der Waals surface area contributed by atoms with Gasteiger partial charge in [-0.15, -0.1) is 0 Å². The Morgan fingerprint density at radius 2 is 0.821 bits per heavy atom. The topological polar surface area (TPSA) is 73.8 Å². The van der Waals surface area contributed by atoms with Gasteiger partial charge in [0, 0.05) is 60.2 Å². The molecule has 0 aliphatic heterocycles. The third-order valence-corrected chi connectivity index (χ3v) is 13.4. The number of benzene rings is 2. The van der Waals surface area contributed by atoms with Crippen molar-refractivity contribution < 1.29 is 36.0 Å². The molecule has 10 heteroatoms. The van der Waals surface area contributed by atoms with Crippen molar-refractivity contribution in [3.8, 4) is 11.5 Å². The molecule has 8 nitrogen and oxygen atoms in total. The van der Waals surface area contributed by atoms with Crippen LogP contribution in [0.15, 0.2) is 48.5 Å². The molecule has 0 spiro atoms. The second-order valence-corrected chi connectivity index (χ2v) is 16.5. The van der Waals surface area contributed by atoms with Crippen LogP contribution in [-0.2, 0) is 32.0 Å². The van der Waals surface area contributed by atoms with Gasteiger partial charge in [0.2, 0.25) is 0 Å². The van der Waals surface area contributed by atoms with Gasteiger partial charge in [0.25, 0.3) is 0 Å². The quantitative estimate of drug-likeness (QED) is 0.205. The summed E-state index contributed by atoms with van der Waals surface area (Å²) in [5.41, 5.74) is 2.23. The molecule has 2 unspecified atom stereocenters. The lowest BCUT2D eigenvalue weighted by Gasteiger charge is -2.28. The van der Waals surface area contributed by atoms with Crippen molar-refractivity contribution >= 4 is 17.6 Å². The average molecular weight is 581 g/mol. The highest BCUT2D eigenvalue weighted by atomic mass is 28.4. The zero-order valence-corrected chi connectivity index (χ0v) is 27.4. The molecule has 0 aliphatic rings. The van der Waals surface area contributed by atoms with E-state index in [1.807, 2.05) is 24.3 Å². The summed E-state index contributed by atoms with van der Waals surface area (Å²) in [5, 5.41) is 0. The van der Waals surface area contributed by atoms with E-state index in [0.717, 1.165) is 11.5 Å². The number of hydrogen-bond donors (Lipinski definition) is 0. The lowest BCUT2D eigenvalue weighted by atomic mass is 9.78. The minimum absolute atomic E-state index is 0.182. The highest BCUT2D eigenvalue weighted by molar-refractivity contribution is 6.61. The van der Waals surface area contributed by atoms with Gasteiger partial charge < -0.3 is 36.0 Å². The number of rotatable bonds is 18. The second-order valence-electron chi connectivity index (χ2n) is 10.5. The van der Waals surface area contributed by atoms with Crippen molar-refractivity contribution in [3.63, 3.8) is 0 Å². The molecule has 0 aliphatic carbocycles. The van der Waals surface area contributed by atoms with Crippen LogP contribution in [0.1, 0.15) is 38.8 Å². The zero-order valence-electron chi connectivity index (χ0n) is 25.4. The van der Waals surface area contributed by atoms with Crippen LogP contribution in [-0.4, -0.2) is 73.5 Å². The fourth-order valence-electron chi connectivity index (χ4n) is 4.55. The van der Waals surface area contributed by atoms with E-state index in [2.05, 4.69) is 52.0 Å². The normalized spacial score (nSPS) is 14.2. The Morgan fingerprint density at radius 3 is 1.08 bits per heavy atom. The van der Waals surface area contributed by atoms with E-state index in [1.165, 1.54) is 11.1 Å². The maximum Gasteiger partial charge on any atom is 0.500 e. The highest BCUT2D eigenvalue weighted by Crippen LogP contribution is 2.34. The summed E-state index contributed by atoms with van der Waals surface area (Å²) in [5.74, 6) is 2.12. The largest absolute Gasteiger partial charge is 0.500 e. The van der Waals surface area contributed by atoms with Crippen molar-refractivity contribution in [1.82, 2.24) is 0 Å². The standard InChI is InChI=1S/C29H48O8Si2/c1-23(21-38(30-5,31-6)32-7)19-36-27-15-11-25(12-16-27)29(3,4)26-13-17-28(18-14-26)37-20-24(2)22-39(33-8,34-9)35-10/h11-18,23-24H,19-22H2,1-10H3. The third kappa shape index (κ3) is 9.12. The van der Waals surface area contributed by atoms with Crippen LogP contribution in [0.25, 0.3) is 0 Å². The van der Waals surface area contributed by atoms with Crippen LogP contribution in [0.4, 0.5) is 0 Å². The zero-order chi connectivity index (χ0) is 29.1. The summed E-state index contributed by atoms with van der Waals surface area (Å²) in [6, 6.07) is 18.0. The van der Waals surface area contributed by atoms with E-state index >= 15 is 0 Å². The fourth-order valence-corrected chi connectivity index (χ4v) is 8.49. The molecule has 2 aromatic carbocycles. The van der Waals surface area contributed by atoms with Gasteiger partial charge in [-0.05, 0) is 47.2 Å². The lowest BCUT2D eigenvalue weighted by molar-refractivity contribution is 0.114. The van der Waals surface area contributed by atoms with E-state index in [9.17, 15) is 0 Å². The maximum atomic E-state index is 6.05. The van der Waals surface area contributed by atoms with Crippen molar-refractivity contribution in [1.29, 1.82) is 0 Å². The molecule has 0 saturated carbocycles. The van der Waals surface area contributed by atoms with Gasteiger partial charge in [-0.3, -0.25) is 0 Å². The molecular formula is C29H48O8Si2. The predicted molar refractivity (Wildman–Crippen MR) is 158 cm³/mol. The van der Waals surface area contributed by atoms with Crippen LogP contribution in [0.3, 0.4) is 0 Å². The van der Waals surface area contributed by atoms with E-state index in [0.29, 0.717) is 25.3 Å². The van der Waals surface area contributed by atoms with E-state index in [-0.39, 0.29) is 17.3 Å². The van der Waals surface area contributed by atoms with Crippen molar-refractivity contribution in [2.45, 2.75) is 45.2 Å². The van der Waals surface area contributed by atoms with Gasteiger partial charge in [-0.2, -0.15) is 0 Å². The summed E-state index contributed by atoms with van der Waals surface area (Å²) in [7, 11) is 4.55. The Labute approximate surface area is 237 Å². The fraction of sp³-hybridized carbons (Fsp3) is 0.586. The first kappa shape index (κ1) is 33.4. The van der Waals surface area contributed by atoms with Crippen LogP contribution in [0.2, 0.25) is 12.1 Å². The summed E-state index contributed by atoms with van der Waals surface area (Å²) >= 11 is 0. The summed E-state index contributed by atoms with van der Waals surface area (Å²) < 4.78 is 45.3. The van der Waals surface area contributed by atoms with Crippen LogP contribution in [0, 0.1) is 11.8 Å². The van der Waals surface area contributed by atoms with Gasteiger partial charge in [0.15, 0.2) is 0 Å². The van der Waals surface area contributed by atoms with Crippen molar-refractivity contribution in [2.75, 3.05) is 55.9 Å². The summed E-state index contributed by atoms with van der Waals surface area (Å²) in [6.45, 7) is 9.77. The molecule has 0 bridgehead atoms. The van der Waals surface area contributed by atoms with E-state index in [4.69, 9.17) is 36.0 Å². The smallest absolute Gasteiger partial charge is 0.493 e. The van der Waals surface area contributed by atoms with E-state index in [1.54, 1.807) is 42.7 Å². The predicted octanol–water partition coefficient (Wildman–Crippen LogP) is 5.80. The molecule has 0 saturated heterocycles. The van der Waals surface area contributed by atoms with Crippen molar-refractivity contribution in [3.05, 3.63) is 59.7 Å². The molecule has 2 aromatic rings. The Morgan fingerprint density at radius 1 is 0.538 bits per heavy atom. The van der Waals surface area contributed by atoms with Crippen LogP contribution in [0.5, 0.6) is 11.5 Å². The van der Waals surface area contributed by atoms with Crippen LogP contribution >= 0.6 is 0 Å². The molecule has 0 aromatic heterocycles. The Hall–Kier alpha value is -1.77. The molecule has 0 amide bonds. The third-order valence-electron chi connectivity index (χ3n) is 7.28. The minimum Gasteiger partial charge on any atom is -0.493 e. The van der Waals surface area contributed by atoms with Gasteiger partial charge in [-0.25, -0.2) is 0 Å². The Bertz CT molecular complexity index is 866. The molecule has 0 radical (unpaired) electrons. The first-order valence-electron chi connectivity index (χ1n) is 13.3. The summed E-state index contributed by atoms with van der Waals surface area (Å²) in [6.07, 6.45) is 0. The Kier molecular flexibility index (Phi) is 13.1. The molecule has 2 rings (SSSR count). The van der Waals surface area contributed by atoms with Gasteiger partial charge in [0.05, 0.1) is 13.2 Å². The summed E-state index contributed by atoms with van der Waals surface area (Å²) in [4.78, 5) is 0. The first-order chi connectivity index (χ1) is 18.5. The molecule has 0 N–H and O–H groups in total. The average Bonchev–Trinajstić information content (AvgIpc) is 2.97. The van der Waals surface area contributed by atoms with Gasteiger partial charge >= 0.3 is 17.6 Å². The second kappa shape index (κ2) is 15.3. The Balaban J connectivity index is 1.95. The lowest BCUT2D eigenvalue weighted by Crippen LogP contribution is -2.44. The molecule has 0 fully saturated rings. The number of hydrogen-bond acceptors (Lipinski definition) is 8. The number of ether oxygens (including phenoxy) is 2. The van der Waals surface area contributed by atoms with Crippen LogP contribution < -0.4 is 9.47 Å². The molecular weight excluding hydrogens is 532 g/mol. The van der Waals surface area contributed by atoms with Gasteiger partial charge in [0.1, 0.15) is 11.5 Å². The van der Waals surface area contributed by atoms with Gasteiger partial charge in [-0.1, -0.05) is 52.0 Å². The maximum absolute atomic E-state index is 6.05. The molecule has 39 heavy (non-hydrogen) atoms. The molecule has 0 heterocycles.